The first-order valence-corrected chi connectivity index (χ1v) is 8.26. The van der Waals surface area contributed by atoms with Crippen LogP contribution in [0.3, 0.4) is 0 Å². The van der Waals surface area contributed by atoms with Crippen molar-refractivity contribution in [3.8, 4) is 0 Å². The van der Waals surface area contributed by atoms with Gasteiger partial charge in [-0.05, 0) is 19.1 Å². The van der Waals surface area contributed by atoms with Crippen molar-refractivity contribution in [1.29, 1.82) is 0 Å². The van der Waals surface area contributed by atoms with Crippen molar-refractivity contribution in [1.82, 2.24) is 9.97 Å². The molecule has 0 spiro atoms. The van der Waals surface area contributed by atoms with E-state index >= 15 is 0 Å². The number of carbonyl (C=O) groups is 3. The number of thioether (sulfide) groups is 1. The second kappa shape index (κ2) is 8.25. The molecule has 0 saturated carbocycles. The molecule has 2 amide bonds. The van der Waals surface area contributed by atoms with Crippen molar-refractivity contribution in [2.75, 3.05) is 16.4 Å². The van der Waals surface area contributed by atoms with Crippen LogP contribution in [-0.2, 0) is 9.59 Å². The molecule has 9 heteroatoms. The number of benzene rings is 1. The molecular weight excluding hydrogens is 344 g/mol. The fourth-order valence-electron chi connectivity index (χ4n) is 1.84. The summed E-state index contributed by atoms with van der Waals surface area (Å²) in [6.07, 6.45) is 0. The summed E-state index contributed by atoms with van der Waals surface area (Å²) >= 11 is 1.03. The van der Waals surface area contributed by atoms with Gasteiger partial charge in [0.05, 0.1) is 5.75 Å². The van der Waals surface area contributed by atoms with E-state index in [1.54, 1.807) is 30.3 Å². The number of anilines is 2. The molecule has 0 atom stereocenters. The van der Waals surface area contributed by atoms with E-state index in [1.807, 2.05) is 0 Å². The Hall–Kier alpha value is -2.94. The van der Waals surface area contributed by atoms with Gasteiger partial charge in [0.1, 0.15) is 5.78 Å². The van der Waals surface area contributed by atoms with Gasteiger partial charge in [-0.25, -0.2) is 4.98 Å². The average molecular weight is 360 g/mol. The number of ketones is 1. The fourth-order valence-corrected chi connectivity index (χ4v) is 2.50. The highest BCUT2D eigenvalue weighted by Gasteiger charge is 2.17. The normalized spacial score (nSPS) is 10.2. The average Bonchev–Trinajstić information content (AvgIpc) is 2.56. The topological polar surface area (TPSA) is 121 Å². The van der Waals surface area contributed by atoms with Crippen LogP contribution in [0.25, 0.3) is 0 Å². The molecule has 0 unspecified atom stereocenters. The summed E-state index contributed by atoms with van der Waals surface area (Å²) in [5.74, 6) is -1.00. The molecule has 25 heavy (non-hydrogen) atoms. The molecule has 0 radical (unpaired) electrons. The lowest BCUT2D eigenvalue weighted by Crippen LogP contribution is -2.24. The molecule has 0 aliphatic rings. The Bertz CT molecular complexity index is 864. The molecule has 2 aromatic rings. The van der Waals surface area contributed by atoms with Gasteiger partial charge < -0.3 is 10.6 Å². The zero-order chi connectivity index (χ0) is 18.4. The standard InChI is InChI=1S/C16H16N4O4S/c1-9(21)8-25-16-19-13(17-10(2)22)12(15(24)20-16)18-14(23)11-6-4-3-5-7-11/h3-7H,8H2,1-2H3,(H,18,23)(H2,17,19,20,22,24). The Morgan fingerprint density at radius 3 is 2.40 bits per heavy atom. The van der Waals surface area contributed by atoms with Crippen molar-refractivity contribution in [2.45, 2.75) is 19.0 Å². The molecule has 0 aliphatic carbocycles. The van der Waals surface area contributed by atoms with E-state index in [0.29, 0.717) is 5.56 Å². The summed E-state index contributed by atoms with van der Waals surface area (Å²) < 4.78 is 0. The Morgan fingerprint density at radius 2 is 1.80 bits per heavy atom. The van der Waals surface area contributed by atoms with Gasteiger partial charge in [0.25, 0.3) is 11.5 Å². The van der Waals surface area contributed by atoms with Crippen LogP contribution in [0.1, 0.15) is 24.2 Å². The molecule has 2 rings (SSSR count). The first kappa shape index (κ1) is 18.4. The van der Waals surface area contributed by atoms with E-state index < -0.39 is 17.4 Å². The summed E-state index contributed by atoms with van der Waals surface area (Å²) in [7, 11) is 0. The molecule has 0 saturated heterocycles. The SMILES string of the molecule is CC(=O)CSc1nc(NC(C)=O)c(NC(=O)c2ccccc2)c(=O)[nH]1. The number of rotatable bonds is 6. The zero-order valence-electron chi connectivity index (χ0n) is 13.6. The molecule has 1 heterocycles. The molecule has 1 aromatic heterocycles. The Kier molecular flexibility index (Phi) is 6.07. The van der Waals surface area contributed by atoms with Crippen molar-refractivity contribution in [3.63, 3.8) is 0 Å². The first-order valence-electron chi connectivity index (χ1n) is 7.27. The third-order valence-corrected chi connectivity index (χ3v) is 3.90. The molecule has 0 fully saturated rings. The van der Waals surface area contributed by atoms with E-state index in [-0.39, 0.29) is 28.2 Å². The number of hydrogen-bond acceptors (Lipinski definition) is 6. The van der Waals surface area contributed by atoms with Crippen LogP contribution in [0.5, 0.6) is 0 Å². The molecule has 0 aliphatic heterocycles. The number of H-pyrrole nitrogens is 1. The predicted octanol–water partition coefficient (Wildman–Crippen LogP) is 1.66. The molecule has 0 bridgehead atoms. The minimum Gasteiger partial charge on any atom is -0.314 e. The van der Waals surface area contributed by atoms with Crippen LogP contribution in [0, 0.1) is 0 Å². The number of nitrogens with zero attached hydrogens (tertiary/aromatic N) is 1. The lowest BCUT2D eigenvalue weighted by Gasteiger charge is -2.11. The highest BCUT2D eigenvalue weighted by Crippen LogP contribution is 2.20. The van der Waals surface area contributed by atoms with Gasteiger partial charge in [0.15, 0.2) is 16.7 Å². The second-order valence-electron chi connectivity index (χ2n) is 5.09. The van der Waals surface area contributed by atoms with Gasteiger partial charge >= 0.3 is 0 Å². The monoisotopic (exact) mass is 360 g/mol. The largest absolute Gasteiger partial charge is 0.314 e. The first-order chi connectivity index (χ1) is 11.9. The van der Waals surface area contributed by atoms with Crippen LogP contribution in [0.4, 0.5) is 11.5 Å². The lowest BCUT2D eigenvalue weighted by molar-refractivity contribution is -0.115. The lowest BCUT2D eigenvalue weighted by atomic mass is 10.2. The van der Waals surface area contributed by atoms with Crippen LogP contribution >= 0.6 is 11.8 Å². The number of Topliss-reactive ketones (excluding diaryl/α,β-unsaturated/α-hetero) is 1. The van der Waals surface area contributed by atoms with Gasteiger partial charge in [-0.1, -0.05) is 30.0 Å². The zero-order valence-corrected chi connectivity index (χ0v) is 14.4. The molecule has 3 N–H and O–H groups in total. The van der Waals surface area contributed by atoms with Crippen molar-refractivity contribution >= 4 is 40.9 Å². The maximum Gasteiger partial charge on any atom is 0.277 e. The van der Waals surface area contributed by atoms with Crippen LogP contribution in [0.2, 0.25) is 0 Å². The van der Waals surface area contributed by atoms with E-state index in [1.165, 1.54) is 13.8 Å². The minimum atomic E-state index is -0.630. The van der Waals surface area contributed by atoms with Gasteiger partial charge in [-0.2, -0.15) is 0 Å². The highest BCUT2D eigenvalue weighted by molar-refractivity contribution is 7.99. The van der Waals surface area contributed by atoms with Gasteiger partial charge in [-0.3, -0.25) is 24.2 Å². The van der Waals surface area contributed by atoms with E-state index in [4.69, 9.17) is 0 Å². The Balaban J connectivity index is 2.35. The minimum absolute atomic E-state index is 0.0772. The third kappa shape index (κ3) is 5.28. The molecule has 1 aromatic carbocycles. The van der Waals surface area contributed by atoms with Crippen LogP contribution in [-0.4, -0.2) is 33.3 Å². The van der Waals surface area contributed by atoms with Crippen molar-refractivity contribution < 1.29 is 14.4 Å². The fraction of sp³-hybridized carbons (Fsp3) is 0.188. The smallest absolute Gasteiger partial charge is 0.277 e. The van der Waals surface area contributed by atoms with Crippen LogP contribution in [0.15, 0.2) is 40.3 Å². The van der Waals surface area contributed by atoms with Gasteiger partial charge in [0.2, 0.25) is 5.91 Å². The molecule has 130 valence electrons. The maximum absolute atomic E-state index is 12.3. The number of aromatic amines is 1. The molecule has 8 nitrogen and oxygen atoms in total. The summed E-state index contributed by atoms with van der Waals surface area (Å²) in [4.78, 5) is 53.6. The van der Waals surface area contributed by atoms with Gasteiger partial charge in [-0.15, -0.1) is 0 Å². The van der Waals surface area contributed by atoms with Crippen molar-refractivity contribution in [3.05, 3.63) is 46.2 Å². The second-order valence-corrected chi connectivity index (χ2v) is 6.05. The van der Waals surface area contributed by atoms with Crippen LogP contribution < -0.4 is 16.2 Å². The summed E-state index contributed by atoms with van der Waals surface area (Å²) in [5.41, 5.74) is -0.448. The highest BCUT2D eigenvalue weighted by atomic mass is 32.2. The van der Waals surface area contributed by atoms with E-state index in [9.17, 15) is 19.2 Å². The Morgan fingerprint density at radius 1 is 1.12 bits per heavy atom. The Labute approximate surface area is 147 Å². The summed E-state index contributed by atoms with van der Waals surface area (Å²) in [6, 6.07) is 8.31. The summed E-state index contributed by atoms with van der Waals surface area (Å²) in [5, 5.41) is 5.04. The number of hydrogen-bond donors (Lipinski definition) is 3. The quantitative estimate of drug-likeness (QED) is 0.532. The van der Waals surface area contributed by atoms with E-state index in [0.717, 1.165) is 11.8 Å². The van der Waals surface area contributed by atoms with Gasteiger partial charge in [0, 0.05) is 12.5 Å². The number of amides is 2. The number of aromatic nitrogens is 2. The third-order valence-electron chi connectivity index (χ3n) is 2.88. The van der Waals surface area contributed by atoms with Crippen molar-refractivity contribution in [2.24, 2.45) is 0 Å². The molecular formula is C16H16N4O4S. The number of carbonyl (C=O) groups excluding carboxylic acids is 3. The predicted molar refractivity (Wildman–Crippen MR) is 95.0 cm³/mol. The number of nitrogens with one attached hydrogen (secondary N) is 3. The maximum atomic E-state index is 12.3. The van der Waals surface area contributed by atoms with E-state index in [2.05, 4.69) is 20.6 Å². The summed E-state index contributed by atoms with van der Waals surface area (Å²) in [6.45, 7) is 2.67.